The Kier molecular flexibility index (Phi) is 6.08. The zero-order valence-electron chi connectivity index (χ0n) is 16.5. The van der Waals surface area contributed by atoms with Gasteiger partial charge in [0.1, 0.15) is 0 Å². The van der Waals surface area contributed by atoms with Gasteiger partial charge in [-0.3, -0.25) is 9.59 Å². The SMILES string of the molecule is Cc1nc2c(cnn2C(C)C)cc1C(=O)NCCCN1CCCCCC1=O. The van der Waals surface area contributed by atoms with Crippen LogP contribution in [-0.2, 0) is 4.79 Å². The molecule has 1 N–H and O–H groups in total. The van der Waals surface area contributed by atoms with Crippen LogP contribution in [0.25, 0.3) is 11.0 Å². The molecular weight excluding hydrogens is 342 g/mol. The van der Waals surface area contributed by atoms with Gasteiger partial charge in [0.15, 0.2) is 5.65 Å². The van der Waals surface area contributed by atoms with E-state index in [1.54, 1.807) is 6.20 Å². The number of aromatic nitrogens is 3. The highest BCUT2D eigenvalue weighted by atomic mass is 16.2. The molecule has 2 aromatic rings. The van der Waals surface area contributed by atoms with Gasteiger partial charge in [-0.25, -0.2) is 9.67 Å². The number of nitrogens with one attached hydrogen (secondary N) is 1. The molecule has 0 aliphatic carbocycles. The lowest BCUT2D eigenvalue weighted by molar-refractivity contribution is -0.130. The Hall–Kier alpha value is -2.44. The average molecular weight is 371 g/mol. The Morgan fingerprint density at radius 3 is 2.89 bits per heavy atom. The van der Waals surface area contributed by atoms with Gasteiger partial charge < -0.3 is 10.2 Å². The van der Waals surface area contributed by atoms with Crippen LogP contribution in [0.4, 0.5) is 0 Å². The van der Waals surface area contributed by atoms with Crippen molar-refractivity contribution in [1.82, 2.24) is 25.0 Å². The fourth-order valence-corrected chi connectivity index (χ4v) is 3.52. The fourth-order valence-electron chi connectivity index (χ4n) is 3.52. The topological polar surface area (TPSA) is 80.1 Å². The van der Waals surface area contributed by atoms with Crippen LogP contribution in [0, 0.1) is 6.92 Å². The first kappa shape index (κ1) is 19.3. The van der Waals surface area contributed by atoms with E-state index in [2.05, 4.69) is 29.2 Å². The summed E-state index contributed by atoms with van der Waals surface area (Å²) in [4.78, 5) is 31.1. The lowest BCUT2D eigenvalue weighted by atomic mass is 10.1. The van der Waals surface area contributed by atoms with E-state index in [1.807, 2.05) is 22.6 Å². The van der Waals surface area contributed by atoms with E-state index in [0.29, 0.717) is 30.8 Å². The molecule has 3 heterocycles. The van der Waals surface area contributed by atoms with Crippen molar-refractivity contribution >= 4 is 22.8 Å². The van der Waals surface area contributed by atoms with Crippen LogP contribution in [-0.4, -0.2) is 51.1 Å². The van der Waals surface area contributed by atoms with Gasteiger partial charge in [-0.05, 0) is 46.1 Å². The number of nitrogens with zero attached hydrogens (tertiary/aromatic N) is 4. The van der Waals surface area contributed by atoms with E-state index in [1.165, 1.54) is 0 Å². The van der Waals surface area contributed by atoms with E-state index in [9.17, 15) is 9.59 Å². The Morgan fingerprint density at radius 1 is 1.30 bits per heavy atom. The molecule has 0 bridgehead atoms. The molecule has 1 fully saturated rings. The van der Waals surface area contributed by atoms with Crippen LogP contribution < -0.4 is 5.32 Å². The highest BCUT2D eigenvalue weighted by Crippen LogP contribution is 2.19. The van der Waals surface area contributed by atoms with Crippen molar-refractivity contribution in [1.29, 1.82) is 0 Å². The highest BCUT2D eigenvalue weighted by Gasteiger charge is 2.17. The number of carbonyl (C=O) groups is 2. The third-order valence-electron chi connectivity index (χ3n) is 5.06. The number of aryl methyl sites for hydroxylation is 1. The van der Waals surface area contributed by atoms with Gasteiger partial charge in [0.25, 0.3) is 5.91 Å². The largest absolute Gasteiger partial charge is 0.352 e. The van der Waals surface area contributed by atoms with Gasteiger partial charge in [0.05, 0.1) is 17.5 Å². The zero-order chi connectivity index (χ0) is 19.4. The third kappa shape index (κ3) is 4.46. The molecule has 1 aliphatic heterocycles. The van der Waals surface area contributed by atoms with E-state index < -0.39 is 0 Å². The minimum Gasteiger partial charge on any atom is -0.352 e. The molecule has 0 spiro atoms. The third-order valence-corrected chi connectivity index (χ3v) is 5.06. The van der Waals surface area contributed by atoms with Gasteiger partial charge in [0, 0.05) is 37.5 Å². The smallest absolute Gasteiger partial charge is 0.253 e. The Labute approximate surface area is 160 Å². The first-order valence-corrected chi connectivity index (χ1v) is 9.88. The van der Waals surface area contributed by atoms with E-state index in [0.717, 1.165) is 43.3 Å². The second-order valence-electron chi connectivity index (χ2n) is 7.52. The second kappa shape index (κ2) is 8.50. The maximum atomic E-state index is 12.6. The van der Waals surface area contributed by atoms with Crippen LogP contribution in [0.2, 0.25) is 0 Å². The van der Waals surface area contributed by atoms with Gasteiger partial charge in [-0.15, -0.1) is 0 Å². The molecule has 3 rings (SSSR count). The summed E-state index contributed by atoms with van der Waals surface area (Å²) in [6.45, 7) is 8.05. The number of amides is 2. The van der Waals surface area contributed by atoms with Crippen LogP contribution in [0.3, 0.4) is 0 Å². The van der Waals surface area contributed by atoms with Crippen molar-refractivity contribution in [3.63, 3.8) is 0 Å². The summed E-state index contributed by atoms with van der Waals surface area (Å²) >= 11 is 0. The van der Waals surface area contributed by atoms with Crippen LogP contribution in [0.15, 0.2) is 12.3 Å². The van der Waals surface area contributed by atoms with Crippen molar-refractivity contribution in [2.45, 2.75) is 58.9 Å². The summed E-state index contributed by atoms with van der Waals surface area (Å²) in [5.41, 5.74) is 2.08. The number of pyridine rings is 1. The molecule has 27 heavy (non-hydrogen) atoms. The number of hydrogen-bond acceptors (Lipinski definition) is 4. The van der Waals surface area contributed by atoms with E-state index in [-0.39, 0.29) is 17.9 Å². The molecule has 1 aliphatic rings. The molecule has 0 aromatic carbocycles. The van der Waals surface area contributed by atoms with Gasteiger partial charge in [-0.2, -0.15) is 5.10 Å². The fraction of sp³-hybridized carbons (Fsp3) is 0.600. The standard InChI is InChI=1S/C20H29N5O2/c1-14(2)25-19-16(13-22-25)12-17(15(3)23-19)20(27)21-9-7-11-24-10-6-4-5-8-18(24)26/h12-14H,4-11H2,1-3H3,(H,21,27). The summed E-state index contributed by atoms with van der Waals surface area (Å²) in [5.74, 6) is 0.118. The van der Waals surface area contributed by atoms with Crippen molar-refractivity contribution < 1.29 is 9.59 Å². The monoisotopic (exact) mass is 371 g/mol. The molecular formula is C20H29N5O2. The molecule has 0 saturated carbocycles. The quantitative estimate of drug-likeness (QED) is 0.792. The summed E-state index contributed by atoms with van der Waals surface area (Å²) in [5, 5.41) is 8.19. The molecule has 0 radical (unpaired) electrons. The minimum atomic E-state index is -0.124. The lowest BCUT2D eigenvalue weighted by Gasteiger charge is -2.20. The van der Waals surface area contributed by atoms with Gasteiger partial charge in [-0.1, -0.05) is 6.42 Å². The Morgan fingerprint density at radius 2 is 2.11 bits per heavy atom. The number of likely N-dealkylation sites (tertiary alicyclic amines) is 1. The molecule has 0 atom stereocenters. The Bertz CT molecular complexity index is 827. The first-order valence-electron chi connectivity index (χ1n) is 9.88. The number of hydrogen-bond donors (Lipinski definition) is 1. The molecule has 146 valence electrons. The van der Waals surface area contributed by atoms with Crippen LogP contribution >= 0.6 is 0 Å². The molecule has 2 aromatic heterocycles. The zero-order valence-corrected chi connectivity index (χ0v) is 16.5. The summed E-state index contributed by atoms with van der Waals surface area (Å²) in [6.07, 6.45) is 6.37. The summed E-state index contributed by atoms with van der Waals surface area (Å²) < 4.78 is 1.86. The molecule has 7 heteroatoms. The van der Waals surface area contributed by atoms with Gasteiger partial charge in [0.2, 0.25) is 5.91 Å². The second-order valence-corrected chi connectivity index (χ2v) is 7.52. The lowest BCUT2D eigenvalue weighted by Crippen LogP contribution is -2.34. The average Bonchev–Trinajstić information content (AvgIpc) is 2.93. The highest BCUT2D eigenvalue weighted by molar-refractivity contribution is 5.98. The van der Waals surface area contributed by atoms with E-state index >= 15 is 0 Å². The normalized spacial score (nSPS) is 15.4. The van der Waals surface area contributed by atoms with Crippen LogP contribution in [0.1, 0.15) is 68.0 Å². The Balaban J connectivity index is 1.58. The maximum absolute atomic E-state index is 12.6. The predicted molar refractivity (Wildman–Crippen MR) is 105 cm³/mol. The number of carbonyl (C=O) groups excluding carboxylic acids is 2. The minimum absolute atomic E-state index is 0.124. The van der Waals surface area contributed by atoms with E-state index in [4.69, 9.17) is 0 Å². The van der Waals surface area contributed by atoms with Gasteiger partial charge >= 0.3 is 0 Å². The number of rotatable bonds is 6. The molecule has 1 saturated heterocycles. The molecule has 0 unspecified atom stereocenters. The first-order chi connectivity index (χ1) is 13.0. The van der Waals surface area contributed by atoms with Crippen molar-refractivity contribution in [2.24, 2.45) is 0 Å². The maximum Gasteiger partial charge on any atom is 0.253 e. The summed E-state index contributed by atoms with van der Waals surface area (Å²) in [7, 11) is 0. The molecule has 7 nitrogen and oxygen atoms in total. The number of fused-ring (bicyclic) bond motifs is 1. The molecule has 2 amide bonds. The van der Waals surface area contributed by atoms with Crippen molar-refractivity contribution in [3.05, 3.63) is 23.5 Å². The van der Waals surface area contributed by atoms with Crippen molar-refractivity contribution in [3.8, 4) is 0 Å². The predicted octanol–water partition coefficient (Wildman–Crippen LogP) is 2.84. The summed E-state index contributed by atoms with van der Waals surface area (Å²) in [6, 6.07) is 2.08. The van der Waals surface area contributed by atoms with Crippen LogP contribution in [0.5, 0.6) is 0 Å². The van der Waals surface area contributed by atoms with Crippen molar-refractivity contribution in [2.75, 3.05) is 19.6 Å².